The van der Waals surface area contributed by atoms with Crippen LogP contribution in [0.5, 0.6) is 0 Å². The average Bonchev–Trinajstić information content (AvgIpc) is 2.85. The van der Waals surface area contributed by atoms with E-state index in [0.717, 1.165) is 6.42 Å². The van der Waals surface area contributed by atoms with E-state index >= 15 is 0 Å². The van der Waals surface area contributed by atoms with Crippen molar-refractivity contribution in [3.8, 4) is 0 Å². The number of aliphatic carboxylic acids is 1. The predicted molar refractivity (Wildman–Crippen MR) is 95.5 cm³/mol. The minimum absolute atomic E-state index is 0.125. The monoisotopic (exact) mass is 340 g/mol. The molecule has 1 saturated carbocycles. The molecule has 0 bridgehead atoms. The van der Waals surface area contributed by atoms with Crippen LogP contribution in [0.15, 0.2) is 0 Å². The SMILES string of the molecule is CC(C)C1CCC(C(=O)O)(C(=O)OC(C(C)C)C(C)C)C1C(C)C. The maximum atomic E-state index is 13.1. The van der Waals surface area contributed by atoms with Gasteiger partial charge in [0.2, 0.25) is 0 Å². The minimum atomic E-state index is -1.40. The van der Waals surface area contributed by atoms with Crippen molar-refractivity contribution in [1.82, 2.24) is 0 Å². The second kappa shape index (κ2) is 7.88. The zero-order valence-corrected chi connectivity index (χ0v) is 16.6. The van der Waals surface area contributed by atoms with E-state index in [1.165, 1.54) is 0 Å². The molecule has 0 spiro atoms. The van der Waals surface area contributed by atoms with E-state index in [4.69, 9.17) is 4.74 Å². The summed E-state index contributed by atoms with van der Waals surface area (Å²) >= 11 is 0. The van der Waals surface area contributed by atoms with Gasteiger partial charge in [-0.15, -0.1) is 0 Å². The number of carboxylic acids is 1. The minimum Gasteiger partial charge on any atom is -0.480 e. The Morgan fingerprint density at radius 3 is 1.79 bits per heavy atom. The third-order valence-corrected chi connectivity index (χ3v) is 5.78. The number of carboxylic acid groups (broad SMARTS) is 1. The Morgan fingerprint density at radius 1 is 0.958 bits per heavy atom. The summed E-state index contributed by atoms with van der Waals surface area (Å²) < 4.78 is 5.81. The normalized spacial score (nSPS) is 27.7. The van der Waals surface area contributed by atoms with E-state index in [1.54, 1.807) is 0 Å². The highest BCUT2D eigenvalue weighted by molar-refractivity contribution is 6.00. The fourth-order valence-electron chi connectivity index (χ4n) is 4.76. The molecule has 0 aliphatic heterocycles. The molecule has 3 unspecified atom stereocenters. The van der Waals surface area contributed by atoms with Crippen LogP contribution in [0, 0.1) is 40.9 Å². The molecule has 0 aromatic rings. The Bertz CT molecular complexity index is 445. The number of rotatable bonds is 7. The Labute approximate surface area is 147 Å². The van der Waals surface area contributed by atoms with Gasteiger partial charge < -0.3 is 9.84 Å². The van der Waals surface area contributed by atoms with Crippen molar-refractivity contribution in [2.24, 2.45) is 40.9 Å². The number of carbonyl (C=O) groups is 2. The van der Waals surface area contributed by atoms with Crippen molar-refractivity contribution < 1.29 is 19.4 Å². The number of hydrogen-bond acceptors (Lipinski definition) is 3. The summed E-state index contributed by atoms with van der Waals surface area (Å²) in [6.07, 6.45) is 0.908. The van der Waals surface area contributed by atoms with Gasteiger partial charge in [0.1, 0.15) is 6.10 Å². The summed E-state index contributed by atoms with van der Waals surface area (Å²) in [5.41, 5.74) is -1.40. The molecule has 1 fully saturated rings. The molecule has 0 aromatic heterocycles. The third kappa shape index (κ3) is 3.78. The van der Waals surface area contributed by atoms with Crippen molar-refractivity contribution in [1.29, 1.82) is 0 Å². The largest absolute Gasteiger partial charge is 0.480 e. The van der Waals surface area contributed by atoms with Gasteiger partial charge in [-0.3, -0.25) is 9.59 Å². The van der Waals surface area contributed by atoms with E-state index in [2.05, 4.69) is 13.8 Å². The van der Waals surface area contributed by atoms with Crippen LogP contribution in [0.3, 0.4) is 0 Å². The molecule has 0 saturated heterocycles. The standard InChI is InChI=1S/C20H36O4/c1-11(2)15-9-10-20(18(21)22,16(15)12(3)4)19(23)24-17(13(5)6)14(7)8/h11-17H,9-10H2,1-8H3,(H,21,22). The van der Waals surface area contributed by atoms with Crippen molar-refractivity contribution in [2.75, 3.05) is 0 Å². The highest BCUT2D eigenvalue weighted by Crippen LogP contribution is 2.54. The number of ether oxygens (including phenoxy) is 1. The molecular formula is C20H36O4. The van der Waals surface area contributed by atoms with Crippen molar-refractivity contribution >= 4 is 11.9 Å². The first kappa shape index (κ1) is 21.0. The van der Waals surface area contributed by atoms with Crippen LogP contribution in [-0.4, -0.2) is 23.1 Å². The van der Waals surface area contributed by atoms with E-state index in [1.807, 2.05) is 41.5 Å². The quantitative estimate of drug-likeness (QED) is 0.542. The van der Waals surface area contributed by atoms with Gasteiger partial charge in [0.15, 0.2) is 5.41 Å². The van der Waals surface area contributed by atoms with E-state index < -0.39 is 17.4 Å². The Kier molecular flexibility index (Phi) is 6.89. The first-order valence-electron chi connectivity index (χ1n) is 9.41. The summed E-state index contributed by atoms with van der Waals surface area (Å²) in [6, 6.07) is 0. The van der Waals surface area contributed by atoms with Crippen LogP contribution < -0.4 is 0 Å². The fourth-order valence-corrected chi connectivity index (χ4v) is 4.76. The van der Waals surface area contributed by atoms with Gasteiger partial charge in [0.05, 0.1) is 0 Å². The van der Waals surface area contributed by atoms with Gasteiger partial charge in [-0.1, -0.05) is 55.4 Å². The third-order valence-electron chi connectivity index (χ3n) is 5.78. The second-order valence-electron chi connectivity index (χ2n) is 8.85. The summed E-state index contributed by atoms with van der Waals surface area (Å²) in [5, 5.41) is 10.0. The summed E-state index contributed by atoms with van der Waals surface area (Å²) in [7, 11) is 0. The smallest absolute Gasteiger partial charge is 0.324 e. The molecule has 0 radical (unpaired) electrons. The lowest BCUT2D eigenvalue weighted by Gasteiger charge is -2.37. The van der Waals surface area contributed by atoms with E-state index in [9.17, 15) is 14.7 Å². The number of esters is 1. The first-order chi connectivity index (χ1) is 11.0. The molecule has 4 nitrogen and oxygen atoms in total. The maximum absolute atomic E-state index is 13.1. The molecule has 1 aliphatic carbocycles. The Balaban J connectivity index is 3.24. The summed E-state index contributed by atoms with van der Waals surface area (Å²) in [5.74, 6) is -0.658. The lowest BCUT2D eigenvalue weighted by molar-refractivity contribution is -0.181. The highest BCUT2D eigenvalue weighted by Gasteiger charge is 2.61. The molecule has 1 N–H and O–H groups in total. The molecule has 0 amide bonds. The molecule has 3 atom stereocenters. The second-order valence-corrected chi connectivity index (χ2v) is 8.85. The molecule has 1 aliphatic rings. The van der Waals surface area contributed by atoms with Crippen LogP contribution in [-0.2, 0) is 14.3 Å². The summed E-state index contributed by atoms with van der Waals surface area (Å²) in [6.45, 7) is 16.3. The van der Waals surface area contributed by atoms with Crippen molar-refractivity contribution in [3.63, 3.8) is 0 Å². The molecule has 24 heavy (non-hydrogen) atoms. The highest BCUT2D eigenvalue weighted by atomic mass is 16.5. The van der Waals surface area contributed by atoms with Gasteiger partial charge in [-0.05, 0) is 48.3 Å². The number of carbonyl (C=O) groups excluding carboxylic acids is 1. The zero-order valence-electron chi connectivity index (χ0n) is 16.6. The van der Waals surface area contributed by atoms with Crippen LogP contribution in [0.25, 0.3) is 0 Å². The lowest BCUT2D eigenvalue weighted by Crippen LogP contribution is -2.49. The zero-order chi connectivity index (χ0) is 18.8. The van der Waals surface area contributed by atoms with Gasteiger partial charge in [-0.25, -0.2) is 0 Å². The first-order valence-corrected chi connectivity index (χ1v) is 9.41. The van der Waals surface area contributed by atoms with Crippen molar-refractivity contribution in [2.45, 2.75) is 74.3 Å². The van der Waals surface area contributed by atoms with Crippen LogP contribution >= 0.6 is 0 Å². The van der Waals surface area contributed by atoms with Crippen LogP contribution in [0.4, 0.5) is 0 Å². The van der Waals surface area contributed by atoms with E-state index in [0.29, 0.717) is 12.3 Å². The lowest BCUT2D eigenvalue weighted by atomic mass is 9.67. The van der Waals surface area contributed by atoms with Crippen LogP contribution in [0.2, 0.25) is 0 Å². The molecule has 1 rings (SSSR count). The van der Waals surface area contributed by atoms with E-state index in [-0.39, 0.29) is 35.7 Å². The van der Waals surface area contributed by atoms with Gasteiger partial charge >= 0.3 is 11.9 Å². The predicted octanol–water partition coefficient (Wildman–Crippen LogP) is 4.62. The topological polar surface area (TPSA) is 63.6 Å². The molecular weight excluding hydrogens is 304 g/mol. The van der Waals surface area contributed by atoms with Gasteiger partial charge in [0.25, 0.3) is 0 Å². The Hall–Kier alpha value is -1.06. The molecule has 140 valence electrons. The maximum Gasteiger partial charge on any atom is 0.324 e. The van der Waals surface area contributed by atoms with Crippen LogP contribution in [0.1, 0.15) is 68.2 Å². The fraction of sp³-hybridized carbons (Fsp3) is 0.900. The number of hydrogen-bond donors (Lipinski definition) is 1. The molecule has 4 heteroatoms. The van der Waals surface area contributed by atoms with Gasteiger partial charge in [-0.2, -0.15) is 0 Å². The van der Waals surface area contributed by atoms with Crippen molar-refractivity contribution in [3.05, 3.63) is 0 Å². The average molecular weight is 341 g/mol. The van der Waals surface area contributed by atoms with Gasteiger partial charge in [0, 0.05) is 0 Å². The summed E-state index contributed by atoms with van der Waals surface area (Å²) in [4.78, 5) is 25.4. The molecule has 0 heterocycles. The molecule has 0 aromatic carbocycles. The Morgan fingerprint density at radius 2 is 1.46 bits per heavy atom.